The van der Waals surface area contributed by atoms with Crippen LogP contribution in [-0.4, -0.2) is 6.03 Å². The van der Waals surface area contributed by atoms with E-state index in [-0.39, 0.29) is 5.69 Å². The second-order valence-corrected chi connectivity index (χ2v) is 4.60. The number of hydrogen-bond donors (Lipinski definition) is 2. The van der Waals surface area contributed by atoms with Crippen LogP contribution in [0.2, 0.25) is 5.02 Å². The SMILES string of the molecule is Cc1ccc(Cl)c(NC(=O)Nc2ccc(F)c(F)c2)c1. The summed E-state index contributed by atoms with van der Waals surface area (Å²) < 4.78 is 25.8. The summed E-state index contributed by atoms with van der Waals surface area (Å²) in [5, 5.41) is 5.31. The van der Waals surface area contributed by atoms with Crippen molar-refractivity contribution in [2.75, 3.05) is 10.6 Å². The summed E-state index contributed by atoms with van der Waals surface area (Å²) in [6.45, 7) is 1.86. The molecular weight excluding hydrogens is 286 g/mol. The molecule has 0 aliphatic rings. The van der Waals surface area contributed by atoms with Crippen LogP contribution in [-0.2, 0) is 0 Å². The zero-order chi connectivity index (χ0) is 14.7. The third-order valence-electron chi connectivity index (χ3n) is 2.55. The van der Waals surface area contributed by atoms with Crippen LogP contribution in [0.1, 0.15) is 5.56 Å². The minimum Gasteiger partial charge on any atom is -0.308 e. The predicted octanol–water partition coefficient (Wildman–Crippen LogP) is 4.57. The van der Waals surface area contributed by atoms with E-state index in [0.29, 0.717) is 10.7 Å². The summed E-state index contributed by atoms with van der Waals surface area (Å²) in [7, 11) is 0. The molecule has 0 heterocycles. The molecule has 104 valence electrons. The van der Waals surface area contributed by atoms with Gasteiger partial charge in [-0.1, -0.05) is 17.7 Å². The van der Waals surface area contributed by atoms with Gasteiger partial charge in [-0.3, -0.25) is 0 Å². The topological polar surface area (TPSA) is 41.1 Å². The van der Waals surface area contributed by atoms with Crippen LogP contribution in [0.15, 0.2) is 36.4 Å². The Bertz CT molecular complexity index is 662. The lowest BCUT2D eigenvalue weighted by Crippen LogP contribution is -2.19. The molecule has 0 aliphatic heterocycles. The predicted molar refractivity (Wildman–Crippen MR) is 75.2 cm³/mol. The Kier molecular flexibility index (Phi) is 4.20. The molecule has 3 nitrogen and oxygen atoms in total. The van der Waals surface area contributed by atoms with E-state index in [1.807, 2.05) is 6.92 Å². The van der Waals surface area contributed by atoms with Gasteiger partial charge < -0.3 is 10.6 Å². The number of nitrogens with one attached hydrogen (secondary N) is 2. The first-order chi connectivity index (χ1) is 9.45. The van der Waals surface area contributed by atoms with Crippen LogP contribution >= 0.6 is 11.6 Å². The molecule has 2 amide bonds. The van der Waals surface area contributed by atoms with E-state index in [0.717, 1.165) is 17.7 Å². The third-order valence-corrected chi connectivity index (χ3v) is 2.88. The van der Waals surface area contributed by atoms with Gasteiger partial charge in [0.05, 0.1) is 10.7 Å². The van der Waals surface area contributed by atoms with Gasteiger partial charge >= 0.3 is 6.03 Å². The van der Waals surface area contributed by atoms with Gasteiger partial charge in [0.15, 0.2) is 11.6 Å². The van der Waals surface area contributed by atoms with E-state index in [9.17, 15) is 13.6 Å². The average molecular weight is 297 g/mol. The standard InChI is InChI=1S/C14H11ClF2N2O/c1-8-2-4-10(15)13(6-8)19-14(20)18-9-3-5-11(16)12(17)7-9/h2-7H,1H3,(H2,18,19,20). The van der Waals surface area contributed by atoms with Crippen molar-refractivity contribution in [1.82, 2.24) is 0 Å². The van der Waals surface area contributed by atoms with Crippen molar-refractivity contribution in [2.45, 2.75) is 6.92 Å². The molecule has 0 radical (unpaired) electrons. The number of anilines is 2. The lowest BCUT2D eigenvalue weighted by molar-refractivity contribution is 0.262. The summed E-state index contributed by atoms with van der Waals surface area (Å²) in [6, 6.07) is 7.66. The number of aryl methyl sites for hydroxylation is 1. The van der Waals surface area contributed by atoms with Gasteiger partial charge in [0.2, 0.25) is 0 Å². The van der Waals surface area contributed by atoms with Crippen molar-refractivity contribution >= 4 is 29.0 Å². The Morgan fingerprint density at radius 1 is 1.05 bits per heavy atom. The fourth-order valence-corrected chi connectivity index (χ4v) is 1.76. The first-order valence-corrected chi connectivity index (χ1v) is 6.13. The van der Waals surface area contributed by atoms with Crippen LogP contribution in [0.3, 0.4) is 0 Å². The minimum absolute atomic E-state index is 0.144. The van der Waals surface area contributed by atoms with Gasteiger partial charge in [-0.2, -0.15) is 0 Å². The van der Waals surface area contributed by atoms with Gasteiger partial charge in [-0.25, -0.2) is 13.6 Å². The molecule has 20 heavy (non-hydrogen) atoms. The summed E-state index contributed by atoms with van der Waals surface area (Å²) in [4.78, 5) is 11.7. The molecule has 0 saturated carbocycles. The van der Waals surface area contributed by atoms with Crippen molar-refractivity contribution in [1.29, 1.82) is 0 Å². The van der Waals surface area contributed by atoms with Crippen LogP contribution < -0.4 is 10.6 Å². The molecule has 0 saturated heterocycles. The van der Waals surface area contributed by atoms with E-state index < -0.39 is 17.7 Å². The van der Waals surface area contributed by atoms with E-state index >= 15 is 0 Å². The average Bonchev–Trinajstić information content (AvgIpc) is 2.38. The van der Waals surface area contributed by atoms with Crippen LogP contribution in [0.4, 0.5) is 25.0 Å². The van der Waals surface area contributed by atoms with Crippen molar-refractivity contribution in [2.24, 2.45) is 0 Å². The molecule has 0 fully saturated rings. The fraction of sp³-hybridized carbons (Fsp3) is 0.0714. The normalized spacial score (nSPS) is 10.2. The van der Waals surface area contributed by atoms with E-state index in [1.54, 1.807) is 18.2 Å². The maximum absolute atomic E-state index is 13.0. The van der Waals surface area contributed by atoms with Crippen LogP contribution in [0.5, 0.6) is 0 Å². The Labute approximate surface area is 119 Å². The highest BCUT2D eigenvalue weighted by atomic mass is 35.5. The largest absolute Gasteiger partial charge is 0.323 e. The van der Waals surface area contributed by atoms with Gasteiger partial charge in [-0.05, 0) is 36.8 Å². The zero-order valence-corrected chi connectivity index (χ0v) is 11.3. The van der Waals surface area contributed by atoms with Gasteiger partial charge in [0.1, 0.15) is 0 Å². The van der Waals surface area contributed by atoms with Crippen molar-refractivity contribution in [3.05, 3.63) is 58.6 Å². The molecule has 0 aliphatic carbocycles. The van der Waals surface area contributed by atoms with Crippen LogP contribution in [0.25, 0.3) is 0 Å². The minimum atomic E-state index is -1.03. The molecule has 2 N–H and O–H groups in total. The summed E-state index contributed by atoms with van der Waals surface area (Å²) in [5.41, 5.74) is 1.51. The lowest BCUT2D eigenvalue weighted by Gasteiger charge is -2.10. The number of amides is 2. The monoisotopic (exact) mass is 296 g/mol. The first-order valence-electron chi connectivity index (χ1n) is 5.75. The number of hydrogen-bond acceptors (Lipinski definition) is 1. The number of benzene rings is 2. The van der Waals surface area contributed by atoms with Gasteiger partial charge in [0.25, 0.3) is 0 Å². The van der Waals surface area contributed by atoms with Crippen molar-refractivity contribution < 1.29 is 13.6 Å². The number of urea groups is 1. The molecule has 0 unspecified atom stereocenters. The van der Waals surface area contributed by atoms with E-state index in [2.05, 4.69) is 10.6 Å². The van der Waals surface area contributed by atoms with Crippen molar-refractivity contribution in [3.8, 4) is 0 Å². The van der Waals surface area contributed by atoms with Gasteiger partial charge in [0, 0.05) is 11.8 Å². The maximum atomic E-state index is 13.0. The highest BCUT2D eigenvalue weighted by Crippen LogP contribution is 2.23. The molecular formula is C14H11ClF2N2O. The Morgan fingerprint density at radius 3 is 2.50 bits per heavy atom. The summed E-state index contributed by atoms with van der Waals surface area (Å²) in [6.07, 6.45) is 0. The third kappa shape index (κ3) is 3.45. The molecule has 2 aromatic rings. The summed E-state index contributed by atoms with van der Waals surface area (Å²) in [5.74, 6) is -2.01. The molecule has 0 aromatic heterocycles. The molecule has 0 spiro atoms. The number of carbonyl (C=O) groups excluding carboxylic acids is 1. The molecule has 2 rings (SSSR count). The quantitative estimate of drug-likeness (QED) is 0.837. The molecule has 2 aromatic carbocycles. The molecule has 0 atom stereocenters. The number of carbonyl (C=O) groups is 1. The first kappa shape index (κ1) is 14.3. The highest BCUT2D eigenvalue weighted by Gasteiger charge is 2.08. The summed E-state index contributed by atoms with van der Waals surface area (Å²) >= 11 is 5.94. The number of rotatable bonds is 2. The second kappa shape index (κ2) is 5.88. The Morgan fingerprint density at radius 2 is 1.80 bits per heavy atom. The smallest absolute Gasteiger partial charge is 0.308 e. The van der Waals surface area contributed by atoms with Crippen LogP contribution in [0, 0.1) is 18.6 Å². The van der Waals surface area contributed by atoms with E-state index in [4.69, 9.17) is 11.6 Å². The maximum Gasteiger partial charge on any atom is 0.323 e. The molecule has 0 bridgehead atoms. The van der Waals surface area contributed by atoms with Crippen molar-refractivity contribution in [3.63, 3.8) is 0 Å². The second-order valence-electron chi connectivity index (χ2n) is 4.19. The Hall–Kier alpha value is -2.14. The Balaban J connectivity index is 2.09. The lowest BCUT2D eigenvalue weighted by atomic mass is 10.2. The molecule has 6 heteroatoms. The zero-order valence-electron chi connectivity index (χ0n) is 10.5. The number of halogens is 3. The van der Waals surface area contributed by atoms with E-state index in [1.165, 1.54) is 6.07 Å². The van der Waals surface area contributed by atoms with Gasteiger partial charge in [-0.15, -0.1) is 0 Å². The fourth-order valence-electron chi connectivity index (χ4n) is 1.59. The highest BCUT2D eigenvalue weighted by molar-refractivity contribution is 6.33.